The molecule has 0 saturated carbocycles. The molecular weight excluding hydrogens is 376 g/mol. The second kappa shape index (κ2) is 11.4. The van der Waals surface area contributed by atoms with E-state index in [0.717, 1.165) is 5.75 Å². The Hall–Kier alpha value is -3.42. The molecule has 8 nitrogen and oxygen atoms in total. The van der Waals surface area contributed by atoms with Crippen molar-refractivity contribution in [2.45, 2.75) is 26.9 Å². The summed E-state index contributed by atoms with van der Waals surface area (Å²) in [6, 6.07) is 13.9. The topological polar surface area (TPSA) is 95.1 Å². The third kappa shape index (κ3) is 7.25. The molecule has 2 N–H and O–H groups in total. The number of carbonyl (C=O) groups is 2. The van der Waals surface area contributed by atoms with Crippen molar-refractivity contribution in [1.82, 2.24) is 10.9 Å². The molecule has 29 heavy (non-hydrogen) atoms. The average Bonchev–Trinajstić information content (AvgIpc) is 2.73. The summed E-state index contributed by atoms with van der Waals surface area (Å²) >= 11 is 0. The Kier molecular flexibility index (Phi) is 8.62. The lowest BCUT2D eigenvalue weighted by molar-refractivity contribution is -0.133. The van der Waals surface area contributed by atoms with Crippen LogP contribution in [0.4, 0.5) is 0 Å². The molecule has 2 rings (SSSR count). The van der Waals surface area contributed by atoms with E-state index in [1.54, 1.807) is 49.4 Å². The number of benzene rings is 2. The predicted molar refractivity (Wildman–Crippen MR) is 107 cm³/mol. The number of para-hydroxylation sites is 2. The van der Waals surface area contributed by atoms with Gasteiger partial charge in [0.2, 0.25) is 0 Å². The summed E-state index contributed by atoms with van der Waals surface area (Å²) in [4.78, 5) is 24.0. The molecule has 0 aliphatic rings. The maximum Gasteiger partial charge on any atom is 0.279 e. The Morgan fingerprint density at radius 1 is 0.828 bits per heavy atom. The molecule has 0 heterocycles. The highest BCUT2D eigenvalue weighted by atomic mass is 16.5. The number of rotatable bonds is 10. The van der Waals surface area contributed by atoms with E-state index in [-0.39, 0.29) is 6.61 Å². The third-order valence-electron chi connectivity index (χ3n) is 3.65. The molecular formula is C21H26N2O6. The fraction of sp³-hybridized carbons (Fsp3) is 0.333. The fourth-order valence-electron chi connectivity index (χ4n) is 2.30. The zero-order valence-electron chi connectivity index (χ0n) is 16.8. The van der Waals surface area contributed by atoms with Gasteiger partial charge in [-0.3, -0.25) is 20.4 Å². The molecule has 0 fully saturated rings. The molecule has 0 aliphatic carbocycles. The zero-order chi connectivity index (χ0) is 21.1. The van der Waals surface area contributed by atoms with Gasteiger partial charge >= 0.3 is 0 Å². The van der Waals surface area contributed by atoms with Crippen LogP contribution in [0, 0.1) is 0 Å². The van der Waals surface area contributed by atoms with Crippen molar-refractivity contribution in [3.05, 3.63) is 48.5 Å². The van der Waals surface area contributed by atoms with Crippen LogP contribution < -0.4 is 29.8 Å². The van der Waals surface area contributed by atoms with Crippen molar-refractivity contribution < 1.29 is 28.5 Å². The molecule has 0 radical (unpaired) electrons. The Balaban J connectivity index is 1.75. The first-order chi connectivity index (χ1) is 14.0. The van der Waals surface area contributed by atoms with Gasteiger partial charge in [0.15, 0.2) is 24.2 Å². The number of ether oxygens (including phenoxy) is 4. The lowest BCUT2D eigenvalue weighted by Gasteiger charge is -2.16. The number of hydrogen-bond donors (Lipinski definition) is 2. The van der Waals surface area contributed by atoms with Crippen LogP contribution in [0.5, 0.6) is 23.0 Å². The minimum atomic E-state index is -0.812. The van der Waals surface area contributed by atoms with Crippen molar-refractivity contribution in [2.75, 3.05) is 19.8 Å². The van der Waals surface area contributed by atoms with Gasteiger partial charge in [-0.25, -0.2) is 0 Å². The monoisotopic (exact) mass is 402 g/mol. The van der Waals surface area contributed by atoms with Crippen LogP contribution in [0.25, 0.3) is 0 Å². The summed E-state index contributed by atoms with van der Waals surface area (Å²) in [6.45, 7) is 6.10. The maximum absolute atomic E-state index is 12.1. The molecule has 0 bridgehead atoms. The maximum atomic E-state index is 12.1. The largest absolute Gasteiger partial charge is 0.494 e. The average molecular weight is 402 g/mol. The van der Waals surface area contributed by atoms with Crippen LogP contribution in [-0.4, -0.2) is 37.7 Å². The van der Waals surface area contributed by atoms with Gasteiger partial charge in [-0.05, 0) is 57.2 Å². The minimum Gasteiger partial charge on any atom is -0.494 e. The molecule has 0 saturated heterocycles. The number of nitrogens with one attached hydrogen (secondary N) is 2. The van der Waals surface area contributed by atoms with Gasteiger partial charge in [0.05, 0.1) is 13.2 Å². The quantitative estimate of drug-likeness (QED) is 0.593. The molecule has 1 unspecified atom stereocenters. The van der Waals surface area contributed by atoms with E-state index in [2.05, 4.69) is 10.9 Å². The lowest BCUT2D eigenvalue weighted by atomic mass is 10.3. The molecule has 1 atom stereocenters. The highest BCUT2D eigenvalue weighted by Gasteiger charge is 2.16. The van der Waals surface area contributed by atoms with Gasteiger partial charge < -0.3 is 18.9 Å². The SMILES string of the molecule is CCOc1ccc(OC(C)C(=O)NNC(=O)COc2ccccc2OCC)cc1. The van der Waals surface area contributed by atoms with Gasteiger partial charge in [0.25, 0.3) is 11.8 Å². The summed E-state index contributed by atoms with van der Waals surface area (Å²) in [7, 11) is 0. The van der Waals surface area contributed by atoms with Crippen LogP contribution in [0.3, 0.4) is 0 Å². The number of amides is 2. The van der Waals surface area contributed by atoms with E-state index >= 15 is 0 Å². The van der Waals surface area contributed by atoms with Crippen LogP contribution in [0.1, 0.15) is 20.8 Å². The van der Waals surface area contributed by atoms with Crippen LogP contribution >= 0.6 is 0 Å². The van der Waals surface area contributed by atoms with Gasteiger partial charge in [-0.2, -0.15) is 0 Å². The van der Waals surface area contributed by atoms with E-state index in [9.17, 15) is 9.59 Å². The van der Waals surface area contributed by atoms with Gasteiger partial charge in [0, 0.05) is 0 Å². The van der Waals surface area contributed by atoms with E-state index < -0.39 is 17.9 Å². The normalized spacial score (nSPS) is 11.1. The predicted octanol–water partition coefficient (Wildman–Crippen LogP) is 2.48. The summed E-state index contributed by atoms with van der Waals surface area (Å²) in [6.07, 6.45) is -0.812. The van der Waals surface area contributed by atoms with Crippen LogP contribution in [-0.2, 0) is 9.59 Å². The van der Waals surface area contributed by atoms with Crippen LogP contribution in [0.15, 0.2) is 48.5 Å². The fourth-order valence-corrected chi connectivity index (χ4v) is 2.30. The molecule has 2 amide bonds. The summed E-state index contributed by atoms with van der Waals surface area (Å²) in [5.74, 6) is 1.21. The van der Waals surface area contributed by atoms with E-state index in [0.29, 0.717) is 30.5 Å². The third-order valence-corrected chi connectivity index (χ3v) is 3.65. The first-order valence-corrected chi connectivity index (χ1v) is 9.36. The molecule has 2 aromatic rings. The Bertz CT molecular complexity index is 794. The van der Waals surface area contributed by atoms with E-state index in [1.165, 1.54) is 0 Å². The first kappa shape index (κ1) is 21.9. The standard InChI is InChI=1S/C21H26N2O6/c1-4-26-16-10-12-17(13-11-16)29-15(3)21(25)23-22-20(24)14-28-19-9-7-6-8-18(19)27-5-2/h6-13,15H,4-5,14H2,1-3H3,(H,22,24)(H,23,25). The molecule has 156 valence electrons. The van der Waals surface area contributed by atoms with E-state index in [4.69, 9.17) is 18.9 Å². The van der Waals surface area contributed by atoms with Gasteiger partial charge in [0.1, 0.15) is 11.5 Å². The first-order valence-electron chi connectivity index (χ1n) is 9.36. The second-order valence-corrected chi connectivity index (χ2v) is 5.87. The second-order valence-electron chi connectivity index (χ2n) is 5.87. The molecule has 0 aromatic heterocycles. The van der Waals surface area contributed by atoms with Gasteiger partial charge in [-0.15, -0.1) is 0 Å². The van der Waals surface area contributed by atoms with Crippen molar-refractivity contribution in [3.63, 3.8) is 0 Å². The lowest BCUT2D eigenvalue weighted by Crippen LogP contribution is -2.48. The number of carbonyl (C=O) groups excluding carboxylic acids is 2. The Labute approximate surface area is 170 Å². The van der Waals surface area contributed by atoms with Crippen molar-refractivity contribution in [3.8, 4) is 23.0 Å². The molecule has 0 spiro atoms. The van der Waals surface area contributed by atoms with E-state index in [1.807, 2.05) is 19.9 Å². The summed E-state index contributed by atoms with van der Waals surface area (Å²) in [5.41, 5.74) is 4.60. The molecule has 8 heteroatoms. The van der Waals surface area contributed by atoms with Gasteiger partial charge in [-0.1, -0.05) is 12.1 Å². The smallest absolute Gasteiger partial charge is 0.279 e. The minimum absolute atomic E-state index is 0.279. The van der Waals surface area contributed by atoms with Crippen molar-refractivity contribution in [1.29, 1.82) is 0 Å². The summed E-state index contributed by atoms with van der Waals surface area (Å²) < 4.78 is 21.8. The molecule has 2 aromatic carbocycles. The van der Waals surface area contributed by atoms with Crippen molar-refractivity contribution in [2.24, 2.45) is 0 Å². The Morgan fingerprint density at radius 3 is 2.03 bits per heavy atom. The molecule has 0 aliphatic heterocycles. The number of hydrogen-bond acceptors (Lipinski definition) is 6. The summed E-state index contributed by atoms with van der Waals surface area (Å²) in [5, 5.41) is 0. The highest BCUT2D eigenvalue weighted by molar-refractivity contribution is 5.85. The van der Waals surface area contributed by atoms with Crippen LogP contribution in [0.2, 0.25) is 0 Å². The Morgan fingerprint density at radius 2 is 1.41 bits per heavy atom. The zero-order valence-corrected chi connectivity index (χ0v) is 16.8. The van der Waals surface area contributed by atoms with Crippen molar-refractivity contribution >= 4 is 11.8 Å². The number of hydrazine groups is 1. The highest BCUT2D eigenvalue weighted by Crippen LogP contribution is 2.26.